The summed E-state index contributed by atoms with van der Waals surface area (Å²) in [6.07, 6.45) is 0.781. The van der Waals surface area contributed by atoms with E-state index in [1.807, 2.05) is 37.3 Å². The van der Waals surface area contributed by atoms with Crippen molar-refractivity contribution in [1.29, 1.82) is 0 Å². The molecule has 3 rings (SSSR count). The van der Waals surface area contributed by atoms with Gasteiger partial charge in [-0.05, 0) is 12.5 Å². The van der Waals surface area contributed by atoms with Crippen molar-refractivity contribution in [3.8, 4) is 0 Å². The van der Waals surface area contributed by atoms with Gasteiger partial charge in [0, 0.05) is 18.5 Å². The Morgan fingerprint density at radius 3 is 2.29 bits per heavy atom. The van der Waals surface area contributed by atoms with Crippen molar-refractivity contribution in [3.63, 3.8) is 0 Å². The van der Waals surface area contributed by atoms with Crippen LogP contribution in [0.2, 0.25) is 0 Å². The Bertz CT molecular complexity index is 886. The summed E-state index contributed by atoms with van der Waals surface area (Å²) in [6, 6.07) is 16.1. The first-order valence-corrected chi connectivity index (χ1v) is 9.59. The number of aliphatic hydroxyl groups excluding tert-OH is 1. The first-order valence-electron chi connectivity index (χ1n) is 9.59. The van der Waals surface area contributed by atoms with Gasteiger partial charge in [0.15, 0.2) is 0 Å². The third-order valence-electron chi connectivity index (χ3n) is 5.06. The topological polar surface area (TPSA) is 62.0 Å². The number of aliphatic hydroxyl groups is 1. The van der Waals surface area contributed by atoms with E-state index in [4.69, 9.17) is 0 Å². The highest BCUT2D eigenvalue weighted by Gasteiger charge is 2.45. The molecule has 2 aromatic carbocycles. The van der Waals surface area contributed by atoms with Crippen molar-refractivity contribution in [2.24, 2.45) is 0 Å². The van der Waals surface area contributed by atoms with E-state index in [9.17, 15) is 14.7 Å². The van der Waals surface area contributed by atoms with Crippen LogP contribution in [0.1, 0.15) is 29.2 Å². The van der Waals surface area contributed by atoms with Crippen molar-refractivity contribution in [3.05, 3.63) is 76.9 Å². The Balaban J connectivity index is 2.07. The third-order valence-corrected chi connectivity index (χ3v) is 5.06. The smallest absolute Gasteiger partial charge is 0.295 e. The van der Waals surface area contributed by atoms with Crippen molar-refractivity contribution in [1.82, 2.24) is 4.90 Å². The maximum atomic E-state index is 12.9. The lowest BCUT2D eigenvalue weighted by Crippen LogP contribution is -3.05. The van der Waals surface area contributed by atoms with Gasteiger partial charge >= 0.3 is 0 Å². The molecule has 1 heterocycles. The summed E-state index contributed by atoms with van der Waals surface area (Å²) >= 11 is 0. The molecular formula is C23H27N2O3+. The van der Waals surface area contributed by atoms with Crippen LogP contribution < -0.4 is 4.90 Å². The number of likely N-dealkylation sites (tertiary alicyclic amines) is 1. The van der Waals surface area contributed by atoms with E-state index < -0.39 is 17.7 Å². The Hall–Kier alpha value is -2.92. The van der Waals surface area contributed by atoms with Crippen LogP contribution in [-0.4, -0.2) is 48.9 Å². The maximum Gasteiger partial charge on any atom is 0.295 e. The molecule has 1 aliphatic rings. The third kappa shape index (κ3) is 3.99. The maximum absolute atomic E-state index is 12.9. The number of nitrogens with one attached hydrogen (secondary N) is 1. The van der Waals surface area contributed by atoms with E-state index in [0.29, 0.717) is 12.1 Å². The lowest BCUT2D eigenvalue weighted by atomic mass is 9.94. The molecule has 1 fully saturated rings. The lowest BCUT2D eigenvalue weighted by Gasteiger charge is -2.25. The average Bonchev–Trinajstić information content (AvgIpc) is 2.93. The Morgan fingerprint density at radius 2 is 1.68 bits per heavy atom. The van der Waals surface area contributed by atoms with Crippen molar-refractivity contribution in [2.75, 3.05) is 27.2 Å². The minimum atomic E-state index is -0.621. The Morgan fingerprint density at radius 1 is 1.04 bits per heavy atom. The number of amides is 1. The molecule has 0 aliphatic carbocycles. The standard InChI is InChI=1S/C23H26N2O3/c1-16-10-12-17(13-11-16)20-19(21(26)18-8-5-4-6-9-18)22(27)23(28)25(20)15-7-14-24(2)3/h4-6,8-13,20,26H,7,14-15H2,1-3H3/p+1/b21-19+/t20-/m0/s1. The first-order chi connectivity index (χ1) is 13.4. The summed E-state index contributed by atoms with van der Waals surface area (Å²) in [7, 11) is 4.11. The number of rotatable bonds is 6. The van der Waals surface area contributed by atoms with Crippen molar-refractivity contribution in [2.45, 2.75) is 19.4 Å². The normalized spacial score (nSPS) is 18.9. The summed E-state index contributed by atoms with van der Waals surface area (Å²) < 4.78 is 0. The molecule has 5 heteroatoms. The molecule has 0 bridgehead atoms. The van der Waals surface area contributed by atoms with Crippen LogP contribution in [0.4, 0.5) is 0 Å². The number of ketones is 1. The fraction of sp³-hybridized carbons (Fsp3) is 0.304. The number of Topliss-reactive ketones (excluding diaryl/α,β-unsaturated/α-hetero) is 1. The number of quaternary nitrogens is 1. The fourth-order valence-electron chi connectivity index (χ4n) is 3.56. The lowest BCUT2D eigenvalue weighted by molar-refractivity contribution is -0.858. The first kappa shape index (κ1) is 19.8. The zero-order valence-electron chi connectivity index (χ0n) is 16.6. The molecule has 0 unspecified atom stereocenters. The largest absolute Gasteiger partial charge is 0.507 e. The van der Waals surface area contributed by atoms with E-state index >= 15 is 0 Å². The number of carbonyl (C=O) groups is 2. The summed E-state index contributed by atoms with van der Waals surface area (Å²) in [5.74, 6) is -1.29. The van der Waals surface area contributed by atoms with Gasteiger partial charge in [-0.2, -0.15) is 0 Å². The zero-order valence-corrected chi connectivity index (χ0v) is 16.6. The van der Waals surface area contributed by atoms with Crippen molar-refractivity contribution < 1.29 is 19.6 Å². The second-order valence-corrected chi connectivity index (χ2v) is 7.58. The van der Waals surface area contributed by atoms with Gasteiger partial charge in [0.2, 0.25) is 0 Å². The summed E-state index contributed by atoms with van der Waals surface area (Å²) in [4.78, 5) is 28.6. The van der Waals surface area contributed by atoms with Crippen LogP contribution in [-0.2, 0) is 9.59 Å². The average molecular weight is 379 g/mol. The molecular weight excluding hydrogens is 352 g/mol. The Labute approximate surface area is 165 Å². The van der Waals surface area contributed by atoms with Gasteiger partial charge in [0.05, 0.1) is 32.3 Å². The highest BCUT2D eigenvalue weighted by Crippen LogP contribution is 2.39. The molecule has 0 radical (unpaired) electrons. The molecule has 146 valence electrons. The van der Waals surface area contributed by atoms with Gasteiger partial charge in [0.1, 0.15) is 5.76 Å². The fourth-order valence-corrected chi connectivity index (χ4v) is 3.56. The number of aryl methyl sites for hydroxylation is 1. The second-order valence-electron chi connectivity index (χ2n) is 7.58. The molecule has 0 spiro atoms. The number of carbonyl (C=O) groups excluding carboxylic acids is 2. The van der Waals surface area contributed by atoms with E-state index in [0.717, 1.165) is 24.1 Å². The quantitative estimate of drug-likeness (QED) is 0.458. The predicted molar refractivity (Wildman–Crippen MR) is 109 cm³/mol. The number of benzene rings is 2. The summed E-state index contributed by atoms with van der Waals surface area (Å²) in [5, 5.41) is 10.9. The molecule has 0 saturated carbocycles. The molecule has 0 aromatic heterocycles. The highest BCUT2D eigenvalue weighted by atomic mass is 16.3. The number of nitrogens with zero attached hydrogens (tertiary/aromatic N) is 1. The summed E-state index contributed by atoms with van der Waals surface area (Å²) in [6.45, 7) is 3.35. The molecule has 1 saturated heterocycles. The summed E-state index contributed by atoms with van der Waals surface area (Å²) in [5.41, 5.74) is 2.63. The van der Waals surface area contributed by atoms with Crippen LogP contribution >= 0.6 is 0 Å². The second kappa shape index (κ2) is 8.40. The van der Waals surface area contributed by atoms with E-state index in [1.165, 1.54) is 4.90 Å². The SMILES string of the molecule is Cc1ccc([C@H]2/C(=C(\O)c3ccccc3)C(=O)C(=O)N2CCC[NH+](C)C)cc1. The van der Waals surface area contributed by atoms with Gasteiger partial charge in [-0.15, -0.1) is 0 Å². The number of hydrogen-bond donors (Lipinski definition) is 2. The van der Waals surface area contributed by atoms with Gasteiger partial charge in [-0.1, -0.05) is 60.2 Å². The van der Waals surface area contributed by atoms with Gasteiger partial charge in [-0.3, -0.25) is 9.59 Å². The Kier molecular flexibility index (Phi) is 5.95. The minimum absolute atomic E-state index is 0.120. The van der Waals surface area contributed by atoms with Gasteiger partial charge in [0.25, 0.3) is 11.7 Å². The monoisotopic (exact) mass is 379 g/mol. The minimum Gasteiger partial charge on any atom is -0.507 e. The zero-order chi connectivity index (χ0) is 20.3. The highest BCUT2D eigenvalue weighted by molar-refractivity contribution is 6.46. The van der Waals surface area contributed by atoms with Crippen LogP contribution in [0, 0.1) is 6.92 Å². The van der Waals surface area contributed by atoms with Crippen molar-refractivity contribution >= 4 is 17.4 Å². The molecule has 1 aliphatic heterocycles. The predicted octanol–water partition coefficient (Wildman–Crippen LogP) is 1.95. The van der Waals surface area contributed by atoms with Gasteiger partial charge in [-0.25, -0.2) is 0 Å². The van der Waals surface area contributed by atoms with E-state index in [2.05, 4.69) is 14.1 Å². The van der Waals surface area contributed by atoms with Crippen LogP contribution in [0.3, 0.4) is 0 Å². The molecule has 1 atom stereocenters. The van der Waals surface area contributed by atoms with Crippen LogP contribution in [0.15, 0.2) is 60.2 Å². The number of hydrogen-bond acceptors (Lipinski definition) is 3. The molecule has 5 nitrogen and oxygen atoms in total. The van der Waals surface area contributed by atoms with E-state index in [-0.39, 0.29) is 11.3 Å². The molecule has 28 heavy (non-hydrogen) atoms. The molecule has 2 aromatic rings. The van der Waals surface area contributed by atoms with Crippen LogP contribution in [0.25, 0.3) is 5.76 Å². The molecule has 2 N–H and O–H groups in total. The van der Waals surface area contributed by atoms with E-state index in [1.54, 1.807) is 29.2 Å². The van der Waals surface area contributed by atoms with Crippen LogP contribution in [0.5, 0.6) is 0 Å². The van der Waals surface area contributed by atoms with Gasteiger partial charge < -0.3 is 14.9 Å². The molecule has 1 amide bonds.